The van der Waals surface area contributed by atoms with Crippen molar-refractivity contribution in [3.05, 3.63) is 51.8 Å². The van der Waals surface area contributed by atoms with Gasteiger partial charge in [-0.1, -0.05) is 43.1 Å². The first-order chi connectivity index (χ1) is 12.0. The Bertz CT molecular complexity index is 705. The van der Waals surface area contributed by atoms with Crippen LogP contribution in [0.25, 0.3) is 0 Å². The second kappa shape index (κ2) is 9.59. The molecule has 25 heavy (non-hydrogen) atoms. The van der Waals surface area contributed by atoms with E-state index in [1.807, 2.05) is 6.07 Å². The van der Waals surface area contributed by atoms with Gasteiger partial charge in [0.05, 0.1) is 5.56 Å². The topological polar surface area (TPSA) is 66.9 Å². The lowest BCUT2D eigenvalue weighted by molar-refractivity contribution is 0.0953. The minimum atomic E-state index is -0.209. The van der Waals surface area contributed by atoms with Gasteiger partial charge >= 0.3 is 0 Å². The molecule has 1 heterocycles. The number of hydrogen-bond acceptors (Lipinski definition) is 4. The highest BCUT2D eigenvalue weighted by molar-refractivity contribution is 6.35. The second-order valence-corrected chi connectivity index (χ2v) is 6.99. The molecule has 134 valence electrons. The lowest BCUT2D eigenvalue weighted by Gasteiger charge is -2.08. The van der Waals surface area contributed by atoms with Gasteiger partial charge in [-0.05, 0) is 36.5 Å². The fourth-order valence-corrected chi connectivity index (χ4v) is 2.65. The largest absolute Gasteiger partial charge is 0.354 e. The average Bonchev–Trinajstić information content (AvgIpc) is 2.57. The van der Waals surface area contributed by atoms with Crippen molar-refractivity contribution in [1.29, 1.82) is 0 Å². The maximum absolute atomic E-state index is 12.1. The SMILES string of the molecule is CC(C)CCNc1ncc(C(=O)NCCc2ccc(Cl)cc2Cl)cn1. The van der Waals surface area contributed by atoms with E-state index in [-0.39, 0.29) is 5.91 Å². The zero-order valence-electron chi connectivity index (χ0n) is 14.4. The number of rotatable bonds is 8. The molecule has 7 heteroatoms. The predicted octanol–water partition coefficient (Wildman–Crippen LogP) is 4.21. The third-order valence-corrected chi connectivity index (χ3v) is 4.20. The summed E-state index contributed by atoms with van der Waals surface area (Å²) in [5, 5.41) is 7.17. The van der Waals surface area contributed by atoms with Crippen LogP contribution in [0.1, 0.15) is 36.2 Å². The van der Waals surface area contributed by atoms with Gasteiger partial charge in [0.15, 0.2) is 0 Å². The lowest BCUT2D eigenvalue weighted by Crippen LogP contribution is -2.26. The van der Waals surface area contributed by atoms with Crippen LogP contribution in [0.5, 0.6) is 0 Å². The number of anilines is 1. The molecule has 1 aromatic heterocycles. The molecule has 0 saturated heterocycles. The summed E-state index contributed by atoms with van der Waals surface area (Å²) in [5.41, 5.74) is 1.36. The van der Waals surface area contributed by atoms with Gasteiger partial charge in [0.1, 0.15) is 0 Å². The number of nitrogens with one attached hydrogen (secondary N) is 2. The van der Waals surface area contributed by atoms with Crippen molar-refractivity contribution < 1.29 is 4.79 Å². The molecule has 0 unspecified atom stereocenters. The first kappa shape index (κ1) is 19.5. The quantitative estimate of drug-likeness (QED) is 0.719. The van der Waals surface area contributed by atoms with Crippen molar-refractivity contribution in [3.63, 3.8) is 0 Å². The third kappa shape index (κ3) is 6.52. The van der Waals surface area contributed by atoms with Crippen molar-refractivity contribution in [1.82, 2.24) is 15.3 Å². The van der Waals surface area contributed by atoms with Crippen molar-refractivity contribution in [2.45, 2.75) is 26.7 Å². The molecule has 0 spiro atoms. The summed E-state index contributed by atoms with van der Waals surface area (Å²) in [4.78, 5) is 20.5. The lowest BCUT2D eigenvalue weighted by atomic mass is 10.1. The Hall–Kier alpha value is -1.85. The number of amides is 1. The fraction of sp³-hybridized carbons (Fsp3) is 0.389. The van der Waals surface area contributed by atoms with Crippen molar-refractivity contribution in [3.8, 4) is 0 Å². The van der Waals surface area contributed by atoms with Crippen LogP contribution in [0.3, 0.4) is 0 Å². The van der Waals surface area contributed by atoms with Gasteiger partial charge < -0.3 is 10.6 Å². The number of carbonyl (C=O) groups is 1. The standard InChI is InChI=1S/C18H22Cl2N4O/c1-12(2)5-7-22-18-23-10-14(11-24-18)17(25)21-8-6-13-3-4-15(19)9-16(13)20/h3-4,9-12H,5-8H2,1-2H3,(H,21,25)(H,22,23,24). The van der Waals surface area contributed by atoms with Gasteiger partial charge in [-0.15, -0.1) is 0 Å². The molecule has 0 fully saturated rings. The summed E-state index contributed by atoms with van der Waals surface area (Å²) in [6.45, 7) is 5.60. The van der Waals surface area contributed by atoms with E-state index >= 15 is 0 Å². The van der Waals surface area contributed by atoms with E-state index in [2.05, 4.69) is 34.4 Å². The molecule has 2 aromatic rings. The Labute approximate surface area is 158 Å². The van der Waals surface area contributed by atoms with Gasteiger partial charge in [0.25, 0.3) is 5.91 Å². The molecule has 2 N–H and O–H groups in total. The molecule has 5 nitrogen and oxygen atoms in total. The summed E-state index contributed by atoms with van der Waals surface area (Å²) in [6, 6.07) is 5.33. The van der Waals surface area contributed by atoms with Crippen LogP contribution in [-0.4, -0.2) is 29.0 Å². The first-order valence-corrected chi connectivity index (χ1v) is 8.99. The Morgan fingerprint density at radius 2 is 1.88 bits per heavy atom. The van der Waals surface area contributed by atoms with Crippen LogP contribution >= 0.6 is 23.2 Å². The summed E-state index contributed by atoms with van der Waals surface area (Å²) >= 11 is 12.0. The second-order valence-electron chi connectivity index (χ2n) is 6.15. The number of aromatic nitrogens is 2. The molecule has 2 rings (SSSR count). The van der Waals surface area contributed by atoms with E-state index in [4.69, 9.17) is 23.2 Å². The summed E-state index contributed by atoms with van der Waals surface area (Å²) < 4.78 is 0. The Morgan fingerprint density at radius 3 is 2.52 bits per heavy atom. The highest BCUT2D eigenvalue weighted by atomic mass is 35.5. The Balaban J connectivity index is 1.80. The smallest absolute Gasteiger partial charge is 0.254 e. The molecule has 0 saturated carbocycles. The number of carbonyl (C=O) groups excluding carboxylic acids is 1. The fourth-order valence-electron chi connectivity index (χ4n) is 2.15. The van der Waals surface area contributed by atoms with Crippen LogP contribution in [0.2, 0.25) is 10.0 Å². The molecule has 0 radical (unpaired) electrons. The number of halogens is 2. The number of benzene rings is 1. The van der Waals surface area contributed by atoms with Crippen molar-refractivity contribution in [2.24, 2.45) is 5.92 Å². The van der Waals surface area contributed by atoms with Crippen LogP contribution in [-0.2, 0) is 6.42 Å². The van der Waals surface area contributed by atoms with Crippen LogP contribution < -0.4 is 10.6 Å². The molecule has 0 aliphatic rings. The van der Waals surface area contributed by atoms with Gasteiger partial charge in [-0.3, -0.25) is 4.79 Å². The van der Waals surface area contributed by atoms with Gasteiger partial charge in [0.2, 0.25) is 5.95 Å². The molecule has 0 bridgehead atoms. The van der Waals surface area contributed by atoms with E-state index in [0.29, 0.717) is 40.4 Å². The van der Waals surface area contributed by atoms with Crippen LogP contribution in [0, 0.1) is 5.92 Å². The van der Waals surface area contributed by atoms with Crippen molar-refractivity contribution >= 4 is 35.1 Å². The Morgan fingerprint density at radius 1 is 1.16 bits per heavy atom. The van der Waals surface area contributed by atoms with Gasteiger partial charge in [0, 0.05) is 35.5 Å². The molecule has 0 atom stereocenters. The maximum atomic E-state index is 12.1. The molecular weight excluding hydrogens is 359 g/mol. The van der Waals surface area contributed by atoms with E-state index in [9.17, 15) is 4.79 Å². The van der Waals surface area contributed by atoms with Gasteiger partial charge in [-0.25, -0.2) is 9.97 Å². The molecule has 1 amide bonds. The van der Waals surface area contributed by atoms with E-state index in [0.717, 1.165) is 18.5 Å². The summed E-state index contributed by atoms with van der Waals surface area (Å²) in [5.74, 6) is 0.940. The van der Waals surface area contributed by atoms with Crippen LogP contribution in [0.15, 0.2) is 30.6 Å². The van der Waals surface area contributed by atoms with E-state index in [1.165, 1.54) is 12.4 Å². The number of nitrogens with zero attached hydrogens (tertiary/aromatic N) is 2. The normalized spacial score (nSPS) is 10.8. The average molecular weight is 381 g/mol. The molecule has 1 aromatic carbocycles. The highest BCUT2D eigenvalue weighted by Gasteiger charge is 2.08. The zero-order valence-corrected chi connectivity index (χ0v) is 15.9. The monoisotopic (exact) mass is 380 g/mol. The van der Waals surface area contributed by atoms with E-state index in [1.54, 1.807) is 12.1 Å². The van der Waals surface area contributed by atoms with Crippen LogP contribution in [0.4, 0.5) is 5.95 Å². The maximum Gasteiger partial charge on any atom is 0.254 e. The molecule has 0 aliphatic carbocycles. The summed E-state index contributed by atoms with van der Waals surface area (Å²) in [7, 11) is 0. The zero-order chi connectivity index (χ0) is 18.2. The van der Waals surface area contributed by atoms with E-state index < -0.39 is 0 Å². The van der Waals surface area contributed by atoms with Crippen molar-refractivity contribution in [2.75, 3.05) is 18.4 Å². The van der Waals surface area contributed by atoms with Gasteiger partial charge in [-0.2, -0.15) is 0 Å². The Kier molecular flexibility index (Phi) is 7.47. The highest BCUT2D eigenvalue weighted by Crippen LogP contribution is 2.21. The minimum absolute atomic E-state index is 0.209. The predicted molar refractivity (Wildman–Crippen MR) is 102 cm³/mol. The molecular formula is C18H22Cl2N4O. The number of hydrogen-bond donors (Lipinski definition) is 2. The first-order valence-electron chi connectivity index (χ1n) is 8.23. The third-order valence-electron chi connectivity index (χ3n) is 3.61. The minimum Gasteiger partial charge on any atom is -0.354 e. The summed E-state index contributed by atoms with van der Waals surface area (Å²) in [6.07, 6.45) is 4.71. The molecule has 0 aliphatic heterocycles.